The zero-order valence-corrected chi connectivity index (χ0v) is 23.5. The van der Waals surface area contributed by atoms with Gasteiger partial charge in [0.2, 0.25) is 5.91 Å². The van der Waals surface area contributed by atoms with Crippen molar-refractivity contribution < 1.29 is 29.1 Å². The maximum Gasteiger partial charge on any atom is 0.266 e. The number of carbonyl (C=O) groups excluding carboxylic acids is 3. The van der Waals surface area contributed by atoms with E-state index in [-0.39, 0.29) is 36.2 Å². The number of nitrogens with one attached hydrogen (secondary N) is 3. The Bertz CT molecular complexity index is 1330. The van der Waals surface area contributed by atoms with Crippen LogP contribution in [0, 0.1) is 5.82 Å². The minimum atomic E-state index is -0.968. The van der Waals surface area contributed by atoms with E-state index in [2.05, 4.69) is 10.6 Å². The Morgan fingerprint density at radius 2 is 1.61 bits per heavy atom. The quantitative estimate of drug-likeness (QED) is 0.0470. The first-order chi connectivity index (χ1) is 19.8. The van der Waals surface area contributed by atoms with E-state index in [4.69, 9.17) is 5.21 Å². The van der Waals surface area contributed by atoms with E-state index in [1.54, 1.807) is 47.6 Å². The number of hydrogen-bond donors (Lipinski definition) is 5. The second kappa shape index (κ2) is 16.2. The summed E-state index contributed by atoms with van der Waals surface area (Å²) in [6.07, 6.45) is 5.91. The van der Waals surface area contributed by atoms with Crippen LogP contribution in [-0.2, 0) is 20.8 Å². The van der Waals surface area contributed by atoms with Crippen molar-refractivity contribution in [1.82, 2.24) is 16.1 Å². The summed E-state index contributed by atoms with van der Waals surface area (Å²) in [6.45, 7) is 0.390. The van der Waals surface area contributed by atoms with Crippen LogP contribution in [0.2, 0.25) is 0 Å². The van der Waals surface area contributed by atoms with Gasteiger partial charge in [-0.25, -0.2) is 9.87 Å². The smallest absolute Gasteiger partial charge is 0.266 e. The van der Waals surface area contributed by atoms with Crippen LogP contribution in [0.15, 0.2) is 77.7 Å². The molecule has 0 aliphatic heterocycles. The number of unbranched alkanes of at least 4 members (excludes halogenated alkanes) is 2. The van der Waals surface area contributed by atoms with Crippen LogP contribution in [0.4, 0.5) is 4.39 Å². The Morgan fingerprint density at radius 1 is 0.927 bits per heavy atom. The minimum Gasteiger partial charge on any atom is -0.508 e. The van der Waals surface area contributed by atoms with E-state index in [0.29, 0.717) is 42.5 Å². The molecule has 0 saturated heterocycles. The molecular weight excluding hydrogens is 545 g/mol. The molecule has 41 heavy (non-hydrogen) atoms. The van der Waals surface area contributed by atoms with Gasteiger partial charge in [-0.1, -0.05) is 42.8 Å². The van der Waals surface area contributed by atoms with Crippen molar-refractivity contribution >= 4 is 41.1 Å². The van der Waals surface area contributed by atoms with Gasteiger partial charge in [0.25, 0.3) is 11.8 Å². The number of halogens is 1. The molecule has 3 amide bonds. The van der Waals surface area contributed by atoms with Crippen molar-refractivity contribution in [1.29, 1.82) is 0 Å². The summed E-state index contributed by atoms with van der Waals surface area (Å²) >= 11 is 1.62. The molecule has 3 aromatic carbocycles. The highest BCUT2D eigenvalue weighted by Crippen LogP contribution is 2.22. The van der Waals surface area contributed by atoms with Gasteiger partial charge >= 0.3 is 0 Å². The van der Waals surface area contributed by atoms with Crippen LogP contribution < -0.4 is 16.1 Å². The molecule has 0 fully saturated rings. The third kappa shape index (κ3) is 10.4. The summed E-state index contributed by atoms with van der Waals surface area (Å²) in [5.74, 6) is -1.66. The lowest BCUT2D eigenvalue weighted by atomic mass is 10.0. The predicted octanol–water partition coefficient (Wildman–Crippen LogP) is 4.70. The number of hydroxylamine groups is 1. The summed E-state index contributed by atoms with van der Waals surface area (Å²) in [6, 6.07) is 18.8. The third-order valence-electron chi connectivity index (χ3n) is 6.33. The highest BCUT2D eigenvalue weighted by atomic mass is 32.2. The topological polar surface area (TPSA) is 128 Å². The van der Waals surface area contributed by atoms with Crippen molar-refractivity contribution in [3.8, 4) is 5.75 Å². The number of thioether (sulfide) groups is 1. The summed E-state index contributed by atoms with van der Waals surface area (Å²) in [7, 11) is 0. The lowest BCUT2D eigenvalue weighted by Crippen LogP contribution is -2.47. The molecule has 0 aromatic heterocycles. The lowest BCUT2D eigenvalue weighted by molar-refractivity contribution is -0.134. The second-order valence-corrected chi connectivity index (χ2v) is 10.3. The molecule has 3 rings (SSSR count). The van der Waals surface area contributed by atoms with Gasteiger partial charge in [0.1, 0.15) is 17.6 Å². The number of benzene rings is 3. The lowest BCUT2D eigenvalue weighted by Gasteiger charge is -2.17. The average molecular weight is 580 g/mol. The van der Waals surface area contributed by atoms with E-state index in [1.165, 1.54) is 24.3 Å². The van der Waals surface area contributed by atoms with Gasteiger partial charge in [-0.3, -0.25) is 19.6 Å². The van der Waals surface area contributed by atoms with Gasteiger partial charge in [-0.2, -0.15) is 0 Å². The van der Waals surface area contributed by atoms with Gasteiger partial charge in [0.05, 0.1) is 0 Å². The van der Waals surface area contributed by atoms with E-state index in [0.717, 1.165) is 10.5 Å². The van der Waals surface area contributed by atoms with Crippen molar-refractivity contribution in [3.63, 3.8) is 0 Å². The van der Waals surface area contributed by atoms with Gasteiger partial charge < -0.3 is 15.7 Å². The normalized spacial score (nSPS) is 11.9. The van der Waals surface area contributed by atoms with Crippen molar-refractivity contribution in [2.24, 2.45) is 0 Å². The van der Waals surface area contributed by atoms with Crippen LogP contribution in [0.25, 0.3) is 11.6 Å². The van der Waals surface area contributed by atoms with Crippen LogP contribution in [0.5, 0.6) is 5.75 Å². The number of rotatable bonds is 14. The molecule has 0 aliphatic rings. The summed E-state index contributed by atoms with van der Waals surface area (Å²) in [5, 5.41) is 24.0. The van der Waals surface area contributed by atoms with Gasteiger partial charge in [0.15, 0.2) is 0 Å². The molecule has 0 aliphatic carbocycles. The molecule has 0 spiro atoms. The van der Waals surface area contributed by atoms with Gasteiger partial charge in [0, 0.05) is 29.9 Å². The third-order valence-corrected chi connectivity index (χ3v) is 7.07. The predicted molar refractivity (Wildman–Crippen MR) is 158 cm³/mol. The highest BCUT2D eigenvalue weighted by molar-refractivity contribution is 7.98. The number of hydrogen-bond acceptors (Lipinski definition) is 6. The van der Waals surface area contributed by atoms with E-state index < -0.39 is 11.9 Å². The average Bonchev–Trinajstić information content (AvgIpc) is 2.98. The molecule has 216 valence electrons. The molecule has 0 heterocycles. The van der Waals surface area contributed by atoms with Crippen molar-refractivity contribution in [2.45, 2.75) is 43.0 Å². The number of phenolic OH excluding ortho intramolecular Hbond substituents is 1. The second-order valence-electron chi connectivity index (χ2n) is 9.37. The first kappa shape index (κ1) is 31.4. The maximum atomic E-state index is 13.5. The largest absolute Gasteiger partial charge is 0.508 e. The fourth-order valence-electron chi connectivity index (χ4n) is 4.08. The zero-order chi connectivity index (χ0) is 29.6. The van der Waals surface area contributed by atoms with Crippen LogP contribution in [0.3, 0.4) is 0 Å². The molecule has 8 nitrogen and oxygen atoms in total. The van der Waals surface area contributed by atoms with Crippen LogP contribution in [0.1, 0.15) is 42.4 Å². The zero-order valence-electron chi connectivity index (χ0n) is 22.7. The highest BCUT2D eigenvalue weighted by Gasteiger charge is 2.21. The van der Waals surface area contributed by atoms with E-state index >= 15 is 0 Å². The summed E-state index contributed by atoms with van der Waals surface area (Å²) in [4.78, 5) is 38.6. The summed E-state index contributed by atoms with van der Waals surface area (Å²) in [5.41, 5.74) is 4.15. The maximum absolute atomic E-state index is 13.5. The Kier molecular flexibility index (Phi) is 12.4. The first-order valence-electron chi connectivity index (χ1n) is 13.2. The number of carbonyl (C=O) groups is 3. The van der Waals surface area contributed by atoms with Crippen LogP contribution in [-0.4, -0.2) is 46.9 Å². The minimum absolute atomic E-state index is 0.0841. The van der Waals surface area contributed by atoms with Crippen molar-refractivity contribution in [2.75, 3.05) is 12.8 Å². The SMILES string of the molecule is CSc1ccc(/C=C(\C(=O)NCCCCCC(=O)NC(Cc2ccc(O)cc2)C(=O)NO)c2ccc(F)cc2)cc1. The number of aromatic hydroxyl groups is 1. The van der Waals surface area contributed by atoms with Gasteiger partial charge in [-0.05, 0) is 78.3 Å². The molecule has 3 aromatic rings. The van der Waals surface area contributed by atoms with Gasteiger partial charge in [-0.15, -0.1) is 11.8 Å². The Balaban J connectivity index is 1.48. The monoisotopic (exact) mass is 579 g/mol. The summed E-state index contributed by atoms with van der Waals surface area (Å²) < 4.78 is 13.5. The molecule has 1 atom stereocenters. The molecule has 0 bridgehead atoms. The number of phenols is 1. The number of amides is 3. The molecule has 1 unspecified atom stereocenters. The molecule has 5 N–H and O–H groups in total. The van der Waals surface area contributed by atoms with E-state index in [9.17, 15) is 23.9 Å². The Morgan fingerprint density at radius 3 is 2.24 bits per heavy atom. The molecule has 0 saturated carbocycles. The Hall–Kier alpha value is -4.15. The first-order valence-corrected chi connectivity index (χ1v) is 14.4. The fraction of sp³-hybridized carbons (Fsp3) is 0.258. The van der Waals surface area contributed by atoms with Crippen molar-refractivity contribution in [3.05, 3.63) is 95.3 Å². The molecule has 10 heteroatoms. The van der Waals surface area contributed by atoms with E-state index in [1.807, 2.05) is 30.5 Å². The fourth-order valence-corrected chi connectivity index (χ4v) is 4.49. The Labute approximate surface area is 243 Å². The van der Waals surface area contributed by atoms with Crippen LogP contribution >= 0.6 is 11.8 Å². The standard InChI is InChI=1S/C31H34FN3O5S/c1-41-26-16-8-21(9-17-26)19-27(23-10-12-24(32)13-11-23)30(38)33-18-4-2-3-5-29(37)34-28(31(39)35-40)20-22-6-14-25(36)15-7-22/h6-17,19,28,36,40H,2-5,18,20H2,1H3,(H,33,38)(H,34,37)(H,35,39)/b27-19-. The molecule has 0 radical (unpaired) electrons. The molecular formula is C31H34FN3O5S.